The fourth-order valence-electron chi connectivity index (χ4n) is 2.37. The van der Waals surface area contributed by atoms with Gasteiger partial charge in [-0.1, -0.05) is 54.6 Å². The van der Waals surface area contributed by atoms with Crippen molar-refractivity contribution >= 4 is 16.6 Å². The SMILES string of the molecule is CC(Nc1nncc2ccccc12)C(O)c1ccccc1. The molecule has 0 aliphatic rings. The highest BCUT2D eigenvalue weighted by Gasteiger charge is 2.17. The number of rotatable bonds is 4. The zero-order valence-electron chi connectivity index (χ0n) is 11.8. The van der Waals surface area contributed by atoms with Gasteiger partial charge in [0.1, 0.15) is 0 Å². The van der Waals surface area contributed by atoms with Crippen molar-refractivity contribution in [2.24, 2.45) is 0 Å². The van der Waals surface area contributed by atoms with E-state index in [2.05, 4.69) is 15.5 Å². The Bertz CT molecular complexity index is 725. The number of nitrogens with zero attached hydrogens (tertiary/aromatic N) is 2. The van der Waals surface area contributed by atoms with Gasteiger partial charge in [-0.05, 0) is 12.5 Å². The summed E-state index contributed by atoms with van der Waals surface area (Å²) in [4.78, 5) is 0. The molecule has 0 aliphatic carbocycles. The molecule has 3 aromatic rings. The fourth-order valence-corrected chi connectivity index (χ4v) is 2.37. The van der Waals surface area contributed by atoms with Crippen LogP contribution in [0.2, 0.25) is 0 Å². The number of fused-ring (bicyclic) bond motifs is 1. The van der Waals surface area contributed by atoms with Crippen molar-refractivity contribution in [3.63, 3.8) is 0 Å². The Morgan fingerprint density at radius 2 is 1.71 bits per heavy atom. The summed E-state index contributed by atoms with van der Waals surface area (Å²) in [5, 5.41) is 23.8. The number of anilines is 1. The molecule has 1 aromatic heterocycles. The standard InChI is InChI=1S/C17H17N3O/c1-12(16(21)13-7-3-2-4-8-13)19-17-15-10-6-5-9-14(15)11-18-20-17/h2-12,16,21H,1H3,(H,19,20). The van der Waals surface area contributed by atoms with E-state index in [-0.39, 0.29) is 6.04 Å². The van der Waals surface area contributed by atoms with Gasteiger partial charge in [0.05, 0.1) is 18.3 Å². The molecule has 0 saturated heterocycles. The summed E-state index contributed by atoms with van der Waals surface area (Å²) in [5.41, 5.74) is 0.880. The number of hydrogen-bond donors (Lipinski definition) is 2. The van der Waals surface area contributed by atoms with Gasteiger partial charge in [0.2, 0.25) is 0 Å². The molecule has 0 bridgehead atoms. The number of nitrogens with one attached hydrogen (secondary N) is 1. The van der Waals surface area contributed by atoms with Gasteiger partial charge in [-0.2, -0.15) is 5.10 Å². The van der Waals surface area contributed by atoms with Crippen LogP contribution in [-0.4, -0.2) is 21.3 Å². The van der Waals surface area contributed by atoms with Gasteiger partial charge >= 0.3 is 0 Å². The number of aromatic nitrogens is 2. The molecule has 1 heterocycles. The van der Waals surface area contributed by atoms with Gasteiger partial charge < -0.3 is 10.4 Å². The molecule has 4 heteroatoms. The summed E-state index contributed by atoms with van der Waals surface area (Å²) in [6, 6.07) is 17.4. The van der Waals surface area contributed by atoms with Crippen LogP contribution in [0.15, 0.2) is 60.8 Å². The lowest BCUT2D eigenvalue weighted by Gasteiger charge is -2.21. The van der Waals surface area contributed by atoms with E-state index in [0.717, 1.165) is 16.3 Å². The van der Waals surface area contributed by atoms with Crippen LogP contribution in [0.4, 0.5) is 5.82 Å². The number of benzene rings is 2. The normalized spacial score (nSPS) is 13.8. The van der Waals surface area contributed by atoms with Crippen molar-refractivity contribution in [2.75, 3.05) is 5.32 Å². The van der Waals surface area contributed by atoms with E-state index in [1.54, 1.807) is 6.20 Å². The van der Waals surface area contributed by atoms with Crippen LogP contribution in [0, 0.1) is 0 Å². The minimum absolute atomic E-state index is 0.174. The van der Waals surface area contributed by atoms with Crippen LogP contribution < -0.4 is 5.32 Å². The van der Waals surface area contributed by atoms with E-state index in [4.69, 9.17) is 0 Å². The zero-order chi connectivity index (χ0) is 14.7. The lowest BCUT2D eigenvalue weighted by atomic mass is 10.0. The van der Waals surface area contributed by atoms with Crippen LogP contribution in [0.5, 0.6) is 0 Å². The topological polar surface area (TPSA) is 58.0 Å². The highest BCUT2D eigenvalue weighted by atomic mass is 16.3. The molecule has 2 aromatic carbocycles. The average Bonchev–Trinajstić information content (AvgIpc) is 2.55. The van der Waals surface area contributed by atoms with Crippen LogP contribution >= 0.6 is 0 Å². The van der Waals surface area contributed by atoms with Crippen molar-refractivity contribution in [2.45, 2.75) is 19.1 Å². The predicted molar refractivity (Wildman–Crippen MR) is 84.0 cm³/mol. The van der Waals surface area contributed by atoms with Gasteiger partial charge in [-0.25, -0.2) is 0 Å². The van der Waals surface area contributed by atoms with E-state index in [1.807, 2.05) is 61.5 Å². The molecule has 0 saturated carbocycles. The highest BCUT2D eigenvalue weighted by Crippen LogP contribution is 2.23. The third kappa shape index (κ3) is 2.85. The summed E-state index contributed by atoms with van der Waals surface area (Å²) in [6.45, 7) is 1.93. The average molecular weight is 279 g/mol. The second kappa shape index (κ2) is 5.89. The predicted octanol–water partition coefficient (Wildman–Crippen LogP) is 3.16. The van der Waals surface area contributed by atoms with E-state index in [9.17, 15) is 5.11 Å². The molecule has 106 valence electrons. The Morgan fingerprint density at radius 1 is 1.00 bits per heavy atom. The van der Waals surface area contributed by atoms with Crippen LogP contribution in [-0.2, 0) is 0 Å². The van der Waals surface area contributed by atoms with Crippen molar-refractivity contribution in [3.05, 3.63) is 66.4 Å². The largest absolute Gasteiger partial charge is 0.386 e. The van der Waals surface area contributed by atoms with E-state index >= 15 is 0 Å². The first-order valence-corrected chi connectivity index (χ1v) is 6.95. The molecule has 0 fully saturated rings. The molecule has 0 amide bonds. The molecule has 2 atom stereocenters. The van der Waals surface area contributed by atoms with Crippen molar-refractivity contribution in [3.8, 4) is 0 Å². The lowest BCUT2D eigenvalue weighted by molar-refractivity contribution is 0.160. The Hall–Kier alpha value is -2.46. The van der Waals surface area contributed by atoms with Crippen LogP contribution in [0.3, 0.4) is 0 Å². The fraction of sp³-hybridized carbons (Fsp3) is 0.176. The molecule has 2 unspecified atom stereocenters. The molecule has 4 nitrogen and oxygen atoms in total. The Morgan fingerprint density at radius 3 is 2.52 bits per heavy atom. The Labute approximate surface area is 123 Å². The number of aliphatic hydroxyl groups excluding tert-OH is 1. The molecule has 3 rings (SSSR count). The summed E-state index contributed by atoms with van der Waals surface area (Å²) in [7, 11) is 0. The Kier molecular flexibility index (Phi) is 3.79. The maximum atomic E-state index is 10.4. The minimum atomic E-state index is -0.605. The summed E-state index contributed by atoms with van der Waals surface area (Å²) >= 11 is 0. The Balaban J connectivity index is 1.85. The van der Waals surface area contributed by atoms with Gasteiger partial charge in [-0.15, -0.1) is 5.10 Å². The van der Waals surface area contributed by atoms with Gasteiger partial charge in [-0.3, -0.25) is 0 Å². The smallest absolute Gasteiger partial charge is 0.156 e. The van der Waals surface area contributed by atoms with Gasteiger partial charge in [0.15, 0.2) is 5.82 Å². The van der Waals surface area contributed by atoms with Crippen LogP contribution in [0.25, 0.3) is 10.8 Å². The molecular weight excluding hydrogens is 262 g/mol. The first-order valence-electron chi connectivity index (χ1n) is 6.95. The maximum Gasteiger partial charge on any atom is 0.156 e. The molecule has 0 spiro atoms. The van der Waals surface area contributed by atoms with Crippen molar-refractivity contribution in [1.29, 1.82) is 0 Å². The molecule has 0 aliphatic heterocycles. The van der Waals surface area contributed by atoms with Gasteiger partial charge in [0, 0.05) is 10.8 Å². The van der Waals surface area contributed by atoms with Gasteiger partial charge in [0.25, 0.3) is 0 Å². The molecular formula is C17H17N3O. The van der Waals surface area contributed by atoms with E-state index in [0.29, 0.717) is 5.82 Å². The third-order valence-electron chi connectivity index (χ3n) is 3.55. The summed E-state index contributed by atoms with van der Waals surface area (Å²) < 4.78 is 0. The zero-order valence-corrected chi connectivity index (χ0v) is 11.8. The number of aliphatic hydroxyl groups is 1. The van der Waals surface area contributed by atoms with E-state index < -0.39 is 6.10 Å². The quantitative estimate of drug-likeness (QED) is 0.770. The molecule has 0 radical (unpaired) electrons. The lowest BCUT2D eigenvalue weighted by Crippen LogP contribution is -2.24. The first kappa shape index (κ1) is 13.5. The van der Waals surface area contributed by atoms with Crippen LogP contribution in [0.1, 0.15) is 18.6 Å². The monoisotopic (exact) mass is 279 g/mol. The molecule has 2 N–H and O–H groups in total. The first-order chi connectivity index (χ1) is 10.3. The third-order valence-corrected chi connectivity index (χ3v) is 3.55. The number of hydrogen-bond acceptors (Lipinski definition) is 4. The van der Waals surface area contributed by atoms with E-state index in [1.165, 1.54) is 0 Å². The summed E-state index contributed by atoms with van der Waals surface area (Å²) in [6.07, 6.45) is 1.13. The minimum Gasteiger partial charge on any atom is -0.386 e. The van der Waals surface area contributed by atoms with Crippen molar-refractivity contribution in [1.82, 2.24) is 10.2 Å². The highest BCUT2D eigenvalue weighted by molar-refractivity contribution is 5.90. The summed E-state index contributed by atoms with van der Waals surface area (Å²) in [5.74, 6) is 0.690. The second-order valence-corrected chi connectivity index (χ2v) is 5.07. The molecule has 21 heavy (non-hydrogen) atoms. The van der Waals surface area contributed by atoms with Crippen molar-refractivity contribution < 1.29 is 5.11 Å². The second-order valence-electron chi connectivity index (χ2n) is 5.07. The maximum absolute atomic E-state index is 10.4.